The SMILES string of the molecule is Cc1cccc(C(=O)NCCc2nnc3ccc(N4CCN(CCO)CC4)nn23)c1. The van der Waals surface area contributed by atoms with Crippen LogP contribution in [0.3, 0.4) is 0 Å². The summed E-state index contributed by atoms with van der Waals surface area (Å²) in [5.41, 5.74) is 2.40. The molecule has 0 aliphatic carbocycles. The van der Waals surface area contributed by atoms with Crippen LogP contribution in [0.5, 0.6) is 0 Å². The van der Waals surface area contributed by atoms with E-state index in [1.807, 2.05) is 43.3 Å². The van der Waals surface area contributed by atoms with E-state index < -0.39 is 0 Å². The van der Waals surface area contributed by atoms with Crippen LogP contribution in [0.2, 0.25) is 0 Å². The lowest BCUT2D eigenvalue weighted by Crippen LogP contribution is -2.47. The normalized spacial score (nSPS) is 14.9. The van der Waals surface area contributed by atoms with Crippen molar-refractivity contribution in [2.24, 2.45) is 0 Å². The Morgan fingerprint density at radius 3 is 2.73 bits per heavy atom. The Hall–Kier alpha value is -3.04. The van der Waals surface area contributed by atoms with Gasteiger partial charge in [0.1, 0.15) is 5.82 Å². The van der Waals surface area contributed by atoms with E-state index >= 15 is 0 Å². The van der Waals surface area contributed by atoms with Crippen LogP contribution < -0.4 is 10.2 Å². The zero-order valence-electron chi connectivity index (χ0n) is 17.2. The van der Waals surface area contributed by atoms with E-state index in [2.05, 4.69) is 25.3 Å². The van der Waals surface area contributed by atoms with E-state index in [4.69, 9.17) is 10.2 Å². The second kappa shape index (κ2) is 9.19. The molecular weight excluding hydrogens is 382 g/mol. The zero-order valence-corrected chi connectivity index (χ0v) is 17.2. The first-order valence-electron chi connectivity index (χ1n) is 10.3. The van der Waals surface area contributed by atoms with Crippen LogP contribution in [0.15, 0.2) is 36.4 Å². The quantitative estimate of drug-likeness (QED) is 0.587. The lowest BCUT2D eigenvalue weighted by Gasteiger charge is -2.34. The van der Waals surface area contributed by atoms with Gasteiger partial charge < -0.3 is 15.3 Å². The molecule has 30 heavy (non-hydrogen) atoms. The van der Waals surface area contributed by atoms with Crippen molar-refractivity contribution in [2.75, 3.05) is 50.8 Å². The maximum atomic E-state index is 12.3. The maximum Gasteiger partial charge on any atom is 0.251 e. The Bertz CT molecular complexity index is 1010. The number of amides is 1. The van der Waals surface area contributed by atoms with Gasteiger partial charge in [-0.25, -0.2) is 0 Å². The van der Waals surface area contributed by atoms with Crippen molar-refractivity contribution < 1.29 is 9.90 Å². The monoisotopic (exact) mass is 409 g/mol. The van der Waals surface area contributed by atoms with E-state index in [-0.39, 0.29) is 12.5 Å². The van der Waals surface area contributed by atoms with E-state index in [9.17, 15) is 4.79 Å². The first kappa shape index (κ1) is 20.2. The summed E-state index contributed by atoms with van der Waals surface area (Å²) in [6.07, 6.45) is 0.541. The molecule has 9 nitrogen and oxygen atoms in total. The van der Waals surface area contributed by atoms with Gasteiger partial charge >= 0.3 is 0 Å². The third-order valence-corrected chi connectivity index (χ3v) is 5.34. The number of rotatable bonds is 7. The molecule has 1 aromatic carbocycles. The largest absolute Gasteiger partial charge is 0.395 e. The summed E-state index contributed by atoms with van der Waals surface area (Å²) in [4.78, 5) is 16.8. The van der Waals surface area contributed by atoms with Gasteiger partial charge in [-0.05, 0) is 31.2 Å². The molecule has 0 atom stereocenters. The molecule has 1 fully saturated rings. The molecule has 1 aliphatic heterocycles. The molecule has 0 unspecified atom stereocenters. The first-order chi connectivity index (χ1) is 14.6. The fraction of sp³-hybridized carbons (Fsp3) is 0.429. The molecule has 0 spiro atoms. The predicted molar refractivity (Wildman–Crippen MR) is 114 cm³/mol. The third kappa shape index (κ3) is 4.58. The van der Waals surface area contributed by atoms with Gasteiger partial charge in [-0.1, -0.05) is 17.7 Å². The van der Waals surface area contributed by atoms with E-state index in [1.54, 1.807) is 4.52 Å². The van der Waals surface area contributed by atoms with Gasteiger partial charge in [0.15, 0.2) is 11.5 Å². The van der Waals surface area contributed by atoms with Gasteiger partial charge in [-0.3, -0.25) is 9.69 Å². The van der Waals surface area contributed by atoms with Crippen LogP contribution in [0.25, 0.3) is 5.65 Å². The van der Waals surface area contributed by atoms with Crippen LogP contribution in [0.4, 0.5) is 5.82 Å². The minimum absolute atomic E-state index is 0.0954. The van der Waals surface area contributed by atoms with Crippen LogP contribution in [-0.4, -0.2) is 81.6 Å². The summed E-state index contributed by atoms with van der Waals surface area (Å²) in [6.45, 7) is 6.86. The first-order valence-corrected chi connectivity index (χ1v) is 10.3. The molecule has 1 saturated heterocycles. The average molecular weight is 409 g/mol. The highest BCUT2D eigenvalue weighted by Gasteiger charge is 2.19. The van der Waals surface area contributed by atoms with Crippen molar-refractivity contribution in [3.05, 3.63) is 53.3 Å². The highest BCUT2D eigenvalue weighted by Crippen LogP contribution is 2.15. The van der Waals surface area contributed by atoms with Gasteiger partial charge in [0.05, 0.1) is 6.61 Å². The molecule has 2 aromatic heterocycles. The van der Waals surface area contributed by atoms with Crippen molar-refractivity contribution in [1.82, 2.24) is 30.0 Å². The Balaban J connectivity index is 1.39. The van der Waals surface area contributed by atoms with Crippen molar-refractivity contribution in [1.29, 1.82) is 0 Å². The third-order valence-electron chi connectivity index (χ3n) is 5.34. The molecule has 0 saturated carbocycles. The molecule has 1 amide bonds. The summed E-state index contributed by atoms with van der Waals surface area (Å²) < 4.78 is 1.76. The number of β-amino-alcohol motifs (C(OH)–C–C–N with tert-alkyl or cyclic N) is 1. The number of aliphatic hydroxyl groups excluding tert-OH is 1. The number of anilines is 1. The van der Waals surface area contributed by atoms with Crippen LogP contribution in [-0.2, 0) is 6.42 Å². The van der Waals surface area contributed by atoms with Crippen LogP contribution in [0.1, 0.15) is 21.7 Å². The number of nitrogens with zero attached hydrogens (tertiary/aromatic N) is 6. The molecule has 0 radical (unpaired) electrons. The number of carbonyl (C=O) groups is 1. The van der Waals surface area contributed by atoms with Gasteiger partial charge in [-0.15, -0.1) is 15.3 Å². The van der Waals surface area contributed by atoms with E-state index in [0.29, 0.717) is 30.7 Å². The standard InChI is InChI=1S/C21H27N7O2/c1-16-3-2-4-17(15-16)21(30)22-8-7-19-24-23-18-5-6-20(25-28(18)19)27-11-9-26(10-12-27)13-14-29/h2-6,15,29H,7-14H2,1H3,(H,22,30). The minimum atomic E-state index is -0.0954. The topological polar surface area (TPSA) is 98.9 Å². The molecule has 9 heteroatoms. The van der Waals surface area contributed by atoms with Gasteiger partial charge in [0, 0.05) is 51.3 Å². The van der Waals surface area contributed by atoms with Crippen molar-refractivity contribution in [3.63, 3.8) is 0 Å². The molecule has 2 N–H and O–H groups in total. The van der Waals surface area contributed by atoms with Crippen molar-refractivity contribution in [2.45, 2.75) is 13.3 Å². The lowest BCUT2D eigenvalue weighted by atomic mass is 10.1. The molecular formula is C21H27N7O2. The van der Waals surface area contributed by atoms with Gasteiger partial charge in [0.25, 0.3) is 5.91 Å². The predicted octanol–water partition coefficient (Wildman–Crippen LogP) is 0.520. The summed E-state index contributed by atoms with van der Waals surface area (Å²) in [6, 6.07) is 11.4. The molecule has 4 rings (SSSR count). The summed E-state index contributed by atoms with van der Waals surface area (Å²) >= 11 is 0. The van der Waals surface area contributed by atoms with Crippen molar-refractivity contribution >= 4 is 17.4 Å². The summed E-state index contributed by atoms with van der Waals surface area (Å²) in [5, 5.41) is 25.2. The minimum Gasteiger partial charge on any atom is -0.395 e. The Morgan fingerprint density at radius 1 is 1.13 bits per heavy atom. The Morgan fingerprint density at radius 2 is 1.97 bits per heavy atom. The second-order valence-electron chi connectivity index (χ2n) is 7.51. The average Bonchev–Trinajstić information content (AvgIpc) is 3.17. The molecule has 1 aliphatic rings. The molecule has 3 heterocycles. The molecule has 158 valence electrons. The molecule has 3 aromatic rings. The lowest BCUT2D eigenvalue weighted by molar-refractivity contribution is 0.0954. The highest BCUT2D eigenvalue weighted by atomic mass is 16.3. The van der Waals surface area contributed by atoms with E-state index in [0.717, 1.165) is 43.4 Å². The number of benzene rings is 1. The summed E-state index contributed by atoms with van der Waals surface area (Å²) in [7, 11) is 0. The Kier molecular flexibility index (Phi) is 6.20. The van der Waals surface area contributed by atoms with Crippen molar-refractivity contribution in [3.8, 4) is 0 Å². The number of hydrogen-bond donors (Lipinski definition) is 2. The van der Waals surface area contributed by atoms with Gasteiger partial charge in [-0.2, -0.15) is 4.52 Å². The molecule has 0 bridgehead atoms. The number of fused-ring (bicyclic) bond motifs is 1. The van der Waals surface area contributed by atoms with Crippen LogP contribution >= 0.6 is 0 Å². The second-order valence-corrected chi connectivity index (χ2v) is 7.51. The fourth-order valence-corrected chi connectivity index (χ4v) is 3.67. The number of nitrogens with one attached hydrogen (secondary N) is 1. The smallest absolute Gasteiger partial charge is 0.251 e. The zero-order chi connectivity index (χ0) is 20.9. The summed E-state index contributed by atoms with van der Waals surface area (Å²) in [5.74, 6) is 1.51. The highest BCUT2D eigenvalue weighted by molar-refractivity contribution is 5.94. The van der Waals surface area contributed by atoms with E-state index in [1.165, 1.54) is 0 Å². The van der Waals surface area contributed by atoms with Gasteiger partial charge in [0.2, 0.25) is 0 Å². The number of aliphatic hydroxyl groups is 1. The Labute approximate surface area is 175 Å². The number of carbonyl (C=O) groups excluding carboxylic acids is 1. The fourth-order valence-electron chi connectivity index (χ4n) is 3.67. The number of aromatic nitrogens is 4. The van der Waals surface area contributed by atoms with Crippen LogP contribution in [0, 0.1) is 6.92 Å². The number of piperazine rings is 1. The number of aryl methyl sites for hydroxylation is 1. The number of hydrogen-bond acceptors (Lipinski definition) is 7. The maximum absolute atomic E-state index is 12.3.